The van der Waals surface area contributed by atoms with Crippen molar-refractivity contribution < 1.29 is 4.79 Å². The zero-order chi connectivity index (χ0) is 20.4. The first kappa shape index (κ1) is 19.3. The highest BCUT2D eigenvalue weighted by molar-refractivity contribution is 7.16. The summed E-state index contributed by atoms with van der Waals surface area (Å²) in [6.07, 6.45) is 0.138. The van der Waals surface area contributed by atoms with E-state index < -0.39 is 11.2 Å². The number of aromatic amines is 1. The van der Waals surface area contributed by atoms with Gasteiger partial charge in [-0.15, -0.1) is 22.7 Å². The molecule has 3 aromatic heterocycles. The number of hydrogen-bond acceptors (Lipinski definition) is 6. The molecule has 2 N–H and O–H groups in total. The number of rotatable bonds is 6. The fourth-order valence-electron chi connectivity index (χ4n) is 3.04. The maximum absolute atomic E-state index is 12.3. The highest BCUT2D eigenvalue weighted by atomic mass is 32.1. The van der Waals surface area contributed by atoms with Crippen LogP contribution >= 0.6 is 22.7 Å². The summed E-state index contributed by atoms with van der Waals surface area (Å²) in [6, 6.07) is 10.8. The van der Waals surface area contributed by atoms with Gasteiger partial charge in [0, 0.05) is 23.2 Å². The lowest BCUT2D eigenvalue weighted by atomic mass is 10.2. The monoisotopic (exact) mass is 426 g/mol. The molecule has 9 heteroatoms. The summed E-state index contributed by atoms with van der Waals surface area (Å²) >= 11 is 3.21. The van der Waals surface area contributed by atoms with Gasteiger partial charge in [-0.2, -0.15) is 0 Å². The molecule has 0 aliphatic rings. The van der Waals surface area contributed by atoms with Crippen LogP contribution in [-0.4, -0.2) is 20.4 Å². The number of benzene rings is 1. The molecule has 0 saturated heterocycles. The van der Waals surface area contributed by atoms with Gasteiger partial charge >= 0.3 is 5.69 Å². The smallest absolute Gasteiger partial charge is 0.328 e. The number of amides is 1. The van der Waals surface area contributed by atoms with E-state index in [4.69, 9.17) is 0 Å². The van der Waals surface area contributed by atoms with Gasteiger partial charge in [-0.1, -0.05) is 12.1 Å². The third-order valence-electron chi connectivity index (χ3n) is 4.46. The molecule has 0 aliphatic heterocycles. The molecule has 0 spiro atoms. The molecule has 1 amide bonds. The van der Waals surface area contributed by atoms with Gasteiger partial charge in [-0.05, 0) is 31.2 Å². The first-order chi connectivity index (χ1) is 14.0. The summed E-state index contributed by atoms with van der Waals surface area (Å²) < 4.78 is 1.42. The van der Waals surface area contributed by atoms with Crippen molar-refractivity contribution in [2.75, 3.05) is 0 Å². The van der Waals surface area contributed by atoms with E-state index in [2.05, 4.69) is 15.3 Å². The summed E-state index contributed by atoms with van der Waals surface area (Å²) in [4.78, 5) is 45.2. The second kappa shape index (κ2) is 8.14. The maximum Gasteiger partial charge on any atom is 0.328 e. The van der Waals surface area contributed by atoms with Crippen molar-refractivity contribution in [2.24, 2.45) is 0 Å². The standard InChI is InChI=1S/C20H18N4O3S2/c1-12-22-15(11-28-12)17-7-6-13(29-17)10-21-18(25)8-9-24-16-5-3-2-4-14(16)19(26)23-20(24)27/h2-7,11H,8-10H2,1H3,(H,21,25)(H,23,26,27). The lowest BCUT2D eigenvalue weighted by Crippen LogP contribution is -2.32. The van der Waals surface area contributed by atoms with E-state index in [1.165, 1.54) is 4.57 Å². The van der Waals surface area contributed by atoms with E-state index in [0.29, 0.717) is 17.4 Å². The number of carbonyl (C=O) groups excluding carboxylic acids is 1. The molecule has 148 valence electrons. The molecule has 3 heterocycles. The number of aromatic nitrogens is 3. The van der Waals surface area contributed by atoms with Gasteiger partial charge < -0.3 is 5.32 Å². The Hall–Kier alpha value is -3.04. The van der Waals surface area contributed by atoms with E-state index in [1.807, 2.05) is 24.4 Å². The summed E-state index contributed by atoms with van der Waals surface area (Å²) in [5.74, 6) is -0.161. The summed E-state index contributed by atoms with van der Waals surface area (Å²) in [7, 11) is 0. The van der Waals surface area contributed by atoms with Crippen molar-refractivity contribution in [3.63, 3.8) is 0 Å². The van der Waals surface area contributed by atoms with Crippen LogP contribution in [0, 0.1) is 6.92 Å². The minimum Gasteiger partial charge on any atom is -0.351 e. The van der Waals surface area contributed by atoms with E-state index >= 15 is 0 Å². The topological polar surface area (TPSA) is 96.8 Å². The highest BCUT2D eigenvalue weighted by Crippen LogP contribution is 2.28. The molecule has 7 nitrogen and oxygen atoms in total. The van der Waals surface area contributed by atoms with Gasteiger partial charge in [-0.25, -0.2) is 9.78 Å². The van der Waals surface area contributed by atoms with Crippen LogP contribution in [0.2, 0.25) is 0 Å². The molecule has 0 bridgehead atoms. The Morgan fingerprint density at radius 3 is 2.83 bits per heavy atom. The Morgan fingerprint density at radius 1 is 1.21 bits per heavy atom. The number of nitrogens with zero attached hydrogens (tertiary/aromatic N) is 2. The Balaban J connectivity index is 1.39. The maximum atomic E-state index is 12.3. The Labute approximate surface area is 173 Å². The fourth-order valence-corrected chi connectivity index (χ4v) is 4.63. The lowest BCUT2D eigenvalue weighted by Gasteiger charge is -2.09. The largest absolute Gasteiger partial charge is 0.351 e. The normalized spacial score (nSPS) is 11.1. The van der Waals surface area contributed by atoms with E-state index in [1.54, 1.807) is 46.9 Å². The van der Waals surface area contributed by atoms with E-state index in [9.17, 15) is 14.4 Å². The second-order valence-corrected chi connectivity index (χ2v) is 8.70. The Kier molecular flexibility index (Phi) is 5.41. The van der Waals surface area contributed by atoms with Gasteiger partial charge in [0.05, 0.1) is 33.0 Å². The van der Waals surface area contributed by atoms with Crippen LogP contribution in [0.15, 0.2) is 51.4 Å². The van der Waals surface area contributed by atoms with Crippen molar-refractivity contribution in [3.8, 4) is 10.6 Å². The Morgan fingerprint density at radius 2 is 2.03 bits per heavy atom. The van der Waals surface area contributed by atoms with Crippen molar-refractivity contribution in [1.82, 2.24) is 19.9 Å². The first-order valence-corrected chi connectivity index (χ1v) is 10.7. The molecule has 0 aliphatic carbocycles. The average molecular weight is 427 g/mol. The second-order valence-electron chi connectivity index (χ2n) is 6.47. The van der Waals surface area contributed by atoms with Crippen LogP contribution in [0.4, 0.5) is 0 Å². The molecule has 0 radical (unpaired) electrons. The number of hydrogen-bond donors (Lipinski definition) is 2. The fraction of sp³-hybridized carbons (Fsp3) is 0.200. The molecule has 4 rings (SSSR count). The first-order valence-electron chi connectivity index (χ1n) is 9.01. The molecular formula is C20H18N4O3S2. The average Bonchev–Trinajstić information content (AvgIpc) is 3.35. The van der Waals surface area contributed by atoms with Gasteiger partial charge in [-0.3, -0.25) is 19.1 Å². The summed E-state index contributed by atoms with van der Waals surface area (Å²) in [5.41, 5.74) is 0.549. The summed E-state index contributed by atoms with van der Waals surface area (Å²) in [5, 5.41) is 6.36. The number of thiophene rings is 1. The number of aryl methyl sites for hydroxylation is 2. The van der Waals surface area contributed by atoms with Crippen LogP contribution in [0.5, 0.6) is 0 Å². The van der Waals surface area contributed by atoms with Crippen molar-refractivity contribution in [2.45, 2.75) is 26.4 Å². The van der Waals surface area contributed by atoms with Crippen LogP contribution < -0.4 is 16.6 Å². The van der Waals surface area contributed by atoms with Gasteiger partial charge in [0.1, 0.15) is 0 Å². The SMILES string of the molecule is Cc1nc(-c2ccc(CNC(=O)CCn3c(=O)[nH]c(=O)c4ccccc43)s2)cs1. The Bertz CT molecular complexity index is 1300. The molecule has 29 heavy (non-hydrogen) atoms. The number of fused-ring (bicyclic) bond motifs is 1. The van der Waals surface area contributed by atoms with Crippen molar-refractivity contribution >= 4 is 39.5 Å². The number of thiazole rings is 1. The number of H-pyrrole nitrogens is 1. The van der Waals surface area contributed by atoms with Gasteiger partial charge in [0.2, 0.25) is 5.91 Å². The lowest BCUT2D eigenvalue weighted by molar-refractivity contribution is -0.121. The van der Waals surface area contributed by atoms with E-state index in [0.717, 1.165) is 20.5 Å². The third kappa shape index (κ3) is 4.20. The predicted molar refractivity (Wildman–Crippen MR) is 115 cm³/mol. The molecule has 0 fully saturated rings. The molecule has 4 aromatic rings. The van der Waals surface area contributed by atoms with Crippen molar-refractivity contribution in [3.05, 3.63) is 72.5 Å². The zero-order valence-corrected chi connectivity index (χ0v) is 17.2. The highest BCUT2D eigenvalue weighted by Gasteiger charge is 2.10. The minimum absolute atomic E-state index is 0.138. The number of nitrogens with one attached hydrogen (secondary N) is 2. The van der Waals surface area contributed by atoms with Gasteiger partial charge in [0.15, 0.2) is 0 Å². The number of carbonyl (C=O) groups is 1. The number of para-hydroxylation sites is 1. The quantitative estimate of drug-likeness (QED) is 0.495. The summed E-state index contributed by atoms with van der Waals surface area (Å²) in [6.45, 7) is 2.59. The van der Waals surface area contributed by atoms with Crippen LogP contribution in [0.25, 0.3) is 21.5 Å². The van der Waals surface area contributed by atoms with Gasteiger partial charge in [0.25, 0.3) is 5.56 Å². The van der Waals surface area contributed by atoms with Crippen LogP contribution in [0.3, 0.4) is 0 Å². The third-order valence-corrected chi connectivity index (χ3v) is 6.34. The van der Waals surface area contributed by atoms with Crippen LogP contribution in [0.1, 0.15) is 16.3 Å². The van der Waals surface area contributed by atoms with Crippen LogP contribution in [-0.2, 0) is 17.9 Å². The molecule has 0 unspecified atom stereocenters. The molecule has 0 atom stereocenters. The zero-order valence-electron chi connectivity index (χ0n) is 15.6. The predicted octanol–water partition coefficient (Wildman–Crippen LogP) is 2.89. The molecular weight excluding hydrogens is 408 g/mol. The van der Waals surface area contributed by atoms with E-state index in [-0.39, 0.29) is 18.9 Å². The molecule has 0 saturated carbocycles. The minimum atomic E-state index is -0.511. The molecule has 1 aromatic carbocycles. The van der Waals surface area contributed by atoms with Crippen molar-refractivity contribution in [1.29, 1.82) is 0 Å².